The van der Waals surface area contributed by atoms with Crippen molar-refractivity contribution in [2.24, 2.45) is 0 Å². The second-order valence-corrected chi connectivity index (χ2v) is 13.0. The van der Waals surface area contributed by atoms with Gasteiger partial charge < -0.3 is 9.73 Å². The van der Waals surface area contributed by atoms with Gasteiger partial charge in [-0.25, -0.2) is 17.2 Å². The van der Waals surface area contributed by atoms with E-state index in [-0.39, 0.29) is 11.6 Å². The molecule has 1 N–H and O–H groups in total. The van der Waals surface area contributed by atoms with Crippen LogP contribution in [0, 0.1) is 11.6 Å². The lowest BCUT2D eigenvalue weighted by Gasteiger charge is -2.21. The van der Waals surface area contributed by atoms with Crippen LogP contribution in [0.4, 0.5) is 14.5 Å². The van der Waals surface area contributed by atoms with E-state index in [1.165, 1.54) is 47.0 Å². The first-order valence-corrected chi connectivity index (χ1v) is 15.5. The monoisotopic (exact) mass is 588 g/mol. The number of nitrogens with one attached hydrogen (secondary N) is 1. The molecule has 0 aliphatic rings. The van der Waals surface area contributed by atoms with Crippen molar-refractivity contribution in [2.45, 2.75) is 6.54 Å². The fourth-order valence-corrected chi connectivity index (χ4v) is 6.62. The van der Waals surface area contributed by atoms with Crippen LogP contribution in [-0.4, -0.2) is 28.8 Å². The van der Waals surface area contributed by atoms with E-state index in [2.05, 4.69) is 5.32 Å². The molecule has 0 unspecified atom stereocenters. The van der Waals surface area contributed by atoms with Crippen LogP contribution in [0.25, 0.3) is 53.9 Å². The molecule has 9 heteroatoms. The molecule has 4 aromatic carbocycles. The van der Waals surface area contributed by atoms with Crippen molar-refractivity contribution in [1.82, 2.24) is 5.32 Å². The van der Waals surface area contributed by atoms with Crippen molar-refractivity contribution >= 4 is 48.1 Å². The van der Waals surface area contributed by atoms with Crippen LogP contribution in [0.2, 0.25) is 0 Å². The normalized spacial score (nSPS) is 11.9. The van der Waals surface area contributed by atoms with Crippen molar-refractivity contribution in [3.05, 3.63) is 102 Å². The molecule has 208 valence electrons. The van der Waals surface area contributed by atoms with Gasteiger partial charge in [0.2, 0.25) is 10.0 Å². The lowest BCUT2D eigenvalue weighted by atomic mass is 9.97. The number of anilines is 1. The van der Waals surface area contributed by atoms with Gasteiger partial charge in [-0.2, -0.15) is 0 Å². The fourth-order valence-electron chi connectivity index (χ4n) is 5.03. The molecule has 0 spiro atoms. The van der Waals surface area contributed by atoms with Crippen LogP contribution >= 0.6 is 11.3 Å². The number of hydrogen-bond acceptors (Lipinski definition) is 5. The van der Waals surface area contributed by atoms with Gasteiger partial charge in [0.15, 0.2) is 0 Å². The van der Waals surface area contributed by atoms with Gasteiger partial charge in [-0.1, -0.05) is 24.3 Å². The van der Waals surface area contributed by atoms with Gasteiger partial charge in [0.05, 0.1) is 11.9 Å². The minimum Gasteiger partial charge on any atom is -0.456 e. The number of rotatable bonds is 7. The van der Waals surface area contributed by atoms with E-state index in [9.17, 15) is 17.2 Å². The van der Waals surface area contributed by atoms with E-state index in [1.54, 1.807) is 24.3 Å². The van der Waals surface area contributed by atoms with Gasteiger partial charge in [0.25, 0.3) is 0 Å². The summed E-state index contributed by atoms with van der Waals surface area (Å²) in [5.41, 5.74) is 5.05. The smallest absolute Gasteiger partial charge is 0.232 e. The third-order valence-corrected chi connectivity index (χ3v) is 9.48. The fraction of sp³-hybridized carbons (Fsp3) is 0.125. The molecule has 0 aliphatic carbocycles. The highest BCUT2D eigenvalue weighted by atomic mass is 32.2. The second kappa shape index (κ2) is 10.4. The van der Waals surface area contributed by atoms with Crippen LogP contribution in [0.5, 0.6) is 0 Å². The van der Waals surface area contributed by atoms with Gasteiger partial charge in [-0.3, -0.25) is 4.31 Å². The van der Waals surface area contributed by atoms with Crippen molar-refractivity contribution in [1.29, 1.82) is 0 Å². The topological polar surface area (TPSA) is 62.6 Å². The average molecular weight is 589 g/mol. The highest BCUT2D eigenvalue weighted by Gasteiger charge is 2.23. The number of nitrogens with zero attached hydrogens (tertiary/aromatic N) is 1. The Labute approximate surface area is 240 Å². The minimum atomic E-state index is -3.60. The van der Waals surface area contributed by atoms with Gasteiger partial charge >= 0.3 is 0 Å². The molecule has 0 amide bonds. The molecule has 0 aliphatic heterocycles. The van der Waals surface area contributed by atoms with Crippen molar-refractivity contribution in [2.75, 3.05) is 24.7 Å². The Hall–Kier alpha value is -4.05. The van der Waals surface area contributed by atoms with E-state index in [1.807, 2.05) is 43.4 Å². The predicted molar refractivity (Wildman–Crippen MR) is 164 cm³/mol. The first kappa shape index (κ1) is 27.1. The van der Waals surface area contributed by atoms with E-state index in [0.717, 1.165) is 48.9 Å². The van der Waals surface area contributed by atoms with E-state index in [4.69, 9.17) is 4.42 Å². The number of fused-ring (bicyclic) bond motifs is 2. The number of hydrogen-bond donors (Lipinski definition) is 1. The highest BCUT2D eigenvalue weighted by Crippen LogP contribution is 2.43. The van der Waals surface area contributed by atoms with Gasteiger partial charge in [0, 0.05) is 51.3 Å². The van der Waals surface area contributed by atoms with E-state index >= 15 is 0 Å². The summed E-state index contributed by atoms with van der Waals surface area (Å²) < 4.78 is 61.3. The zero-order valence-electron chi connectivity index (χ0n) is 22.5. The van der Waals surface area contributed by atoms with Crippen molar-refractivity contribution in [3.8, 4) is 32.9 Å². The molecular formula is C32H26F2N2O3S2. The number of furan rings is 1. The SMILES string of the molecule is CNCc1c(-c2ccc(F)cc2)oc2cc(N(C)S(C)(=O)=O)c(-c3cccc(-c4cc5ccc(F)cc5s4)c3)cc12. The quantitative estimate of drug-likeness (QED) is 0.205. The summed E-state index contributed by atoms with van der Waals surface area (Å²) in [6.07, 6.45) is 1.16. The Morgan fingerprint density at radius 1 is 0.878 bits per heavy atom. The number of sulfonamides is 1. The second-order valence-electron chi connectivity index (χ2n) is 9.92. The lowest BCUT2D eigenvalue weighted by Crippen LogP contribution is -2.25. The van der Waals surface area contributed by atoms with E-state index < -0.39 is 10.0 Å². The summed E-state index contributed by atoms with van der Waals surface area (Å²) in [5.74, 6) is -0.0346. The summed E-state index contributed by atoms with van der Waals surface area (Å²) in [6, 6.07) is 24.4. The molecule has 41 heavy (non-hydrogen) atoms. The van der Waals surface area contributed by atoms with Gasteiger partial charge in [0.1, 0.15) is 23.0 Å². The standard InChI is InChI=1S/C32H26F2N2O3S2/c1-35-18-27-26-16-25(20-5-4-6-21(13-20)30-14-22-9-12-24(34)15-31(22)40-30)28(36(2)41(3,37)38)17-29(26)39-32(27)19-7-10-23(33)11-8-19/h4-17,35H,18H2,1-3H3. The maximum absolute atomic E-state index is 13.8. The summed E-state index contributed by atoms with van der Waals surface area (Å²) in [6.45, 7) is 0.485. The van der Waals surface area contributed by atoms with E-state index in [0.29, 0.717) is 29.1 Å². The lowest BCUT2D eigenvalue weighted by molar-refractivity contribution is 0.600. The average Bonchev–Trinajstić information content (AvgIpc) is 3.53. The minimum absolute atomic E-state index is 0.279. The number of halogens is 2. The van der Waals surface area contributed by atoms with Crippen LogP contribution < -0.4 is 9.62 Å². The Balaban J connectivity index is 1.57. The molecule has 0 bridgehead atoms. The molecule has 2 heterocycles. The first-order chi connectivity index (χ1) is 19.6. The zero-order valence-corrected chi connectivity index (χ0v) is 24.2. The molecular weight excluding hydrogens is 562 g/mol. The summed E-state index contributed by atoms with van der Waals surface area (Å²) in [5, 5.41) is 4.97. The van der Waals surface area contributed by atoms with Crippen LogP contribution in [0.3, 0.4) is 0 Å². The molecule has 6 rings (SSSR count). The molecule has 0 fully saturated rings. The molecule has 5 nitrogen and oxygen atoms in total. The first-order valence-electron chi connectivity index (χ1n) is 12.9. The molecule has 0 atom stereocenters. The highest BCUT2D eigenvalue weighted by molar-refractivity contribution is 7.92. The van der Waals surface area contributed by atoms with Crippen molar-refractivity contribution in [3.63, 3.8) is 0 Å². The Bertz CT molecular complexity index is 2030. The van der Waals surface area contributed by atoms with Crippen molar-refractivity contribution < 1.29 is 21.6 Å². The van der Waals surface area contributed by atoms with Gasteiger partial charge in [-0.15, -0.1) is 11.3 Å². The number of benzene rings is 4. The molecule has 0 saturated carbocycles. The summed E-state index contributed by atoms with van der Waals surface area (Å²) >= 11 is 1.50. The van der Waals surface area contributed by atoms with Gasteiger partial charge in [-0.05, 0) is 78.2 Å². The van der Waals surface area contributed by atoms with Crippen LogP contribution in [-0.2, 0) is 16.6 Å². The maximum atomic E-state index is 13.8. The molecule has 2 aromatic heterocycles. The largest absolute Gasteiger partial charge is 0.456 e. The third kappa shape index (κ3) is 5.12. The predicted octanol–water partition coefficient (Wildman–Crippen LogP) is 8.04. The zero-order chi connectivity index (χ0) is 28.9. The van der Waals surface area contributed by atoms with Crippen LogP contribution in [0.1, 0.15) is 5.56 Å². The molecule has 0 saturated heterocycles. The third-order valence-electron chi connectivity index (χ3n) is 7.15. The summed E-state index contributed by atoms with van der Waals surface area (Å²) in [4.78, 5) is 0.976. The Kier molecular flexibility index (Phi) is 6.89. The molecule has 6 aromatic rings. The summed E-state index contributed by atoms with van der Waals surface area (Å²) in [7, 11) is -0.255. The maximum Gasteiger partial charge on any atom is 0.232 e. The van der Waals surface area contributed by atoms with Crippen LogP contribution in [0.15, 0.2) is 89.3 Å². The Morgan fingerprint density at radius 2 is 1.61 bits per heavy atom. The molecule has 0 radical (unpaired) electrons. The Morgan fingerprint density at radius 3 is 2.34 bits per heavy atom. The number of thiophene rings is 1.